The molecule has 0 saturated carbocycles. The number of likely N-dealkylation sites (tertiary alicyclic amines) is 1. The average Bonchev–Trinajstić information content (AvgIpc) is 3.03. The Bertz CT molecular complexity index is 1230. The molecule has 10 heteroatoms. The fraction of sp³-hybridized carbons (Fsp3) is 0.360. The first-order valence-electron chi connectivity index (χ1n) is 11.8. The molecule has 0 bridgehead atoms. The van der Waals surface area contributed by atoms with Gasteiger partial charge in [0.2, 0.25) is 11.8 Å². The summed E-state index contributed by atoms with van der Waals surface area (Å²) in [5.74, 6) is -1.97. The Hall–Kier alpha value is -3.92. The Morgan fingerprint density at radius 2 is 1.66 bits per heavy atom. The van der Waals surface area contributed by atoms with Crippen LogP contribution in [-0.2, 0) is 9.59 Å². The first kappa shape index (κ1) is 21.6. The van der Waals surface area contributed by atoms with Crippen molar-refractivity contribution in [3.8, 4) is 0 Å². The van der Waals surface area contributed by atoms with E-state index in [0.29, 0.717) is 22.9 Å². The second-order valence-electron chi connectivity index (χ2n) is 9.62. The molecule has 4 aliphatic heterocycles. The number of benzene rings is 2. The van der Waals surface area contributed by atoms with Gasteiger partial charge in [0.1, 0.15) is 6.04 Å². The number of fused-ring (bicyclic) bond motifs is 1. The molecule has 4 heterocycles. The number of rotatable bonds is 5. The maximum Gasteiger partial charge on any atom is 0.264 e. The van der Waals surface area contributed by atoms with Crippen LogP contribution >= 0.6 is 0 Å². The Balaban J connectivity index is 1.08. The lowest BCUT2D eigenvalue weighted by atomic mass is 9.98. The maximum absolute atomic E-state index is 13.2. The highest BCUT2D eigenvalue weighted by Gasteiger charge is 2.46. The minimum atomic E-state index is -0.963. The van der Waals surface area contributed by atoms with E-state index in [1.807, 2.05) is 24.3 Å². The zero-order valence-electron chi connectivity index (χ0n) is 19.1. The standard InChI is InChI=1S/C25H26N6O4/c26-14-4-6-16(7-5-14)30-12-17(13-30)29-10-15(11-29)27-19-3-1-2-18-22(19)25(35)31(24(18)34)20-8-9-21(32)28-23(20)33/h1-7,15,17,20,27H,8-13,26H2,(H,28,32,33). The lowest BCUT2D eigenvalue weighted by Gasteiger charge is -2.53. The summed E-state index contributed by atoms with van der Waals surface area (Å²) in [6, 6.07) is 12.7. The summed E-state index contributed by atoms with van der Waals surface area (Å²) in [5.41, 5.74) is 8.91. The number of carbonyl (C=O) groups is 4. The van der Waals surface area contributed by atoms with E-state index in [2.05, 4.69) is 20.4 Å². The van der Waals surface area contributed by atoms with Crippen LogP contribution in [0.15, 0.2) is 42.5 Å². The van der Waals surface area contributed by atoms with Crippen LogP contribution in [0.1, 0.15) is 33.6 Å². The molecule has 0 aliphatic carbocycles. The molecule has 10 nitrogen and oxygen atoms in total. The summed E-state index contributed by atoms with van der Waals surface area (Å²) in [7, 11) is 0. The Morgan fingerprint density at radius 3 is 2.37 bits per heavy atom. The number of nitrogens with one attached hydrogen (secondary N) is 2. The van der Waals surface area contributed by atoms with Crippen LogP contribution < -0.4 is 21.3 Å². The van der Waals surface area contributed by atoms with Crippen molar-refractivity contribution in [2.75, 3.05) is 42.1 Å². The van der Waals surface area contributed by atoms with Gasteiger partial charge in [-0.25, -0.2) is 0 Å². The number of anilines is 3. The molecular formula is C25H26N6O4. The van der Waals surface area contributed by atoms with Gasteiger partial charge in [0.15, 0.2) is 0 Å². The van der Waals surface area contributed by atoms with Crippen LogP contribution in [0.2, 0.25) is 0 Å². The summed E-state index contributed by atoms with van der Waals surface area (Å²) in [6.07, 6.45) is 0.245. The van der Waals surface area contributed by atoms with Gasteiger partial charge in [-0.1, -0.05) is 6.07 Å². The number of hydrogen-bond donors (Lipinski definition) is 3. The molecule has 3 saturated heterocycles. The quantitative estimate of drug-likeness (QED) is 0.426. The second-order valence-corrected chi connectivity index (χ2v) is 9.62. The zero-order chi connectivity index (χ0) is 24.3. The summed E-state index contributed by atoms with van der Waals surface area (Å²) >= 11 is 0. The Kier molecular flexibility index (Phi) is 4.99. The maximum atomic E-state index is 13.2. The highest BCUT2D eigenvalue weighted by Crippen LogP contribution is 2.34. The van der Waals surface area contributed by atoms with Gasteiger partial charge >= 0.3 is 0 Å². The van der Waals surface area contributed by atoms with E-state index in [1.165, 1.54) is 5.69 Å². The van der Waals surface area contributed by atoms with Crippen molar-refractivity contribution in [3.05, 3.63) is 53.6 Å². The van der Waals surface area contributed by atoms with E-state index in [1.54, 1.807) is 18.2 Å². The molecule has 1 atom stereocenters. The molecule has 4 aliphatic rings. The monoisotopic (exact) mass is 474 g/mol. The van der Waals surface area contributed by atoms with Gasteiger partial charge < -0.3 is 16.0 Å². The number of nitrogen functional groups attached to an aromatic ring is 1. The van der Waals surface area contributed by atoms with Crippen LogP contribution in [0.3, 0.4) is 0 Å². The highest BCUT2D eigenvalue weighted by atomic mass is 16.2. The third-order valence-corrected chi connectivity index (χ3v) is 7.37. The topological polar surface area (TPSA) is 128 Å². The molecule has 180 valence electrons. The third-order valence-electron chi connectivity index (χ3n) is 7.37. The van der Waals surface area contributed by atoms with Gasteiger partial charge in [0, 0.05) is 55.7 Å². The molecule has 0 spiro atoms. The zero-order valence-corrected chi connectivity index (χ0v) is 19.1. The lowest BCUT2D eigenvalue weighted by molar-refractivity contribution is -0.136. The molecule has 2 aromatic carbocycles. The van der Waals surface area contributed by atoms with E-state index in [4.69, 9.17) is 5.73 Å². The van der Waals surface area contributed by atoms with Crippen molar-refractivity contribution >= 4 is 40.7 Å². The van der Waals surface area contributed by atoms with Gasteiger partial charge in [-0.05, 0) is 42.8 Å². The van der Waals surface area contributed by atoms with Crippen LogP contribution in [0.5, 0.6) is 0 Å². The van der Waals surface area contributed by atoms with Crippen molar-refractivity contribution in [2.45, 2.75) is 31.0 Å². The van der Waals surface area contributed by atoms with E-state index in [-0.39, 0.29) is 24.8 Å². The fourth-order valence-corrected chi connectivity index (χ4v) is 5.34. The molecule has 2 aromatic rings. The summed E-state index contributed by atoms with van der Waals surface area (Å²) < 4.78 is 0. The van der Waals surface area contributed by atoms with Crippen molar-refractivity contribution in [3.63, 3.8) is 0 Å². The van der Waals surface area contributed by atoms with Crippen molar-refractivity contribution < 1.29 is 19.2 Å². The molecule has 0 aromatic heterocycles. The van der Waals surface area contributed by atoms with Crippen molar-refractivity contribution in [2.24, 2.45) is 0 Å². The molecule has 4 N–H and O–H groups in total. The molecule has 4 amide bonds. The largest absolute Gasteiger partial charge is 0.399 e. The van der Waals surface area contributed by atoms with Crippen molar-refractivity contribution in [1.82, 2.24) is 15.1 Å². The SMILES string of the molecule is Nc1ccc(N2CC(N3CC(Nc4cccc5c4C(=O)N(C4CCC(=O)NC4=O)C5=O)C3)C2)cc1. The highest BCUT2D eigenvalue weighted by molar-refractivity contribution is 6.25. The third kappa shape index (κ3) is 3.61. The van der Waals surface area contributed by atoms with E-state index in [0.717, 1.165) is 36.8 Å². The molecular weight excluding hydrogens is 448 g/mol. The molecule has 6 rings (SSSR count). The summed E-state index contributed by atoms with van der Waals surface area (Å²) in [6.45, 7) is 3.63. The molecule has 0 radical (unpaired) electrons. The van der Waals surface area contributed by atoms with E-state index < -0.39 is 23.8 Å². The predicted molar refractivity (Wildman–Crippen MR) is 129 cm³/mol. The first-order valence-corrected chi connectivity index (χ1v) is 11.8. The molecule has 35 heavy (non-hydrogen) atoms. The number of amides is 4. The smallest absolute Gasteiger partial charge is 0.264 e. The minimum absolute atomic E-state index is 0.101. The molecule has 1 unspecified atom stereocenters. The van der Waals surface area contributed by atoms with Gasteiger partial charge in [0.25, 0.3) is 11.8 Å². The lowest BCUT2D eigenvalue weighted by Crippen LogP contribution is -2.68. The average molecular weight is 475 g/mol. The van der Waals surface area contributed by atoms with Crippen LogP contribution in [0, 0.1) is 0 Å². The minimum Gasteiger partial charge on any atom is -0.399 e. The van der Waals surface area contributed by atoms with Gasteiger partial charge in [0.05, 0.1) is 17.2 Å². The van der Waals surface area contributed by atoms with Crippen LogP contribution in [0.25, 0.3) is 0 Å². The van der Waals surface area contributed by atoms with Gasteiger partial charge in [-0.3, -0.25) is 34.3 Å². The first-order chi connectivity index (χ1) is 16.9. The summed E-state index contributed by atoms with van der Waals surface area (Å²) in [5, 5.41) is 5.66. The number of piperidine rings is 1. The number of hydrogen-bond acceptors (Lipinski definition) is 8. The van der Waals surface area contributed by atoms with Gasteiger partial charge in [-0.2, -0.15) is 0 Å². The number of nitrogens with zero attached hydrogens (tertiary/aromatic N) is 3. The normalized spacial score (nSPS) is 23.1. The number of carbonyl (C=O) groups excluding carboxylic acids is 4. The second kappa shape index (κ2) is 8.09. The Morgan fingerprint density at radius 1 is 0.914 bits per heavy atom. The van der Waals surface area contributed by atoms with Crippen LogP contribution in [0.4, 0.5) is 17.1 Å². The van der Waals surface area contributed by atoms with Gasteiger partial charge in [-0.15, -0.1) is 0 Å². The van der Waals surface area contributed by atoms with E-state index >= 15 is 0 Å². The number of imide groups is 2. The predicted octanol–water partition coefficient (Wildman–Crippen LogP) is 0.655. The Labute approximate surface area is 202 Å². The molecule has 3 fully saturated rings. The summed E-state index contributed by atoms with van der Waals surface area (Å²) in [4.78, 5) is 55.8. The van der Waals surface area contributed by atoms with Crippen LogP contribution in [-0.4, -0.2) is 77.7 Å². The fourth-order valence-electron chi connectivity index (χ4n) is 5.34. The van der Waals surface area contributed by atoms with E-state index in [9.17, 15) is 19.2 Å². The number of nitrogens with two attached hydrogens (primary N) is 1. The van der Waals surface area contributed by atoms with Crippen molar-refractivity contribution in [1.29, 1.82) is 0 Å².